The highest BCUT2D eigenvalue weighted by molar-refractivity contribution is 5.98. The molecule has 1 aromatic heterocycles. The van der Waals surface area contributed by atoms with Crippen molar-refractivity contribution in [1.82, 2.24) is 4.98 Å². The summed E-state index contributed by atoms with van der Waals surface area (Å²) in [4.78, 5) is 6.18. The van der Waals surface area contributed by atoms with E-state index in [1.54, 1.807) is 6.20 Å². The van der Waals surface area contributed by atoms with Crippen LogP contribution in [0, 0.1) is 11.3 Å². The Hall–Kier alpha value is -1.62. The van der Waals surface area contributed by atoms with Crippen molar-refractivity contribution in [2.45, 2.75) is 18.9 Å². The summed E-state index contributed by atoms with van der Waals surface area (Å²) in [6.07, 6.45) is 3.23. The normalized spacial score (nSPS) is 22.9. The maximum Gasteiger partial charge on any atom is 0.143 e. The lowest BCUT2D eigenvalue weighted by molar-refractivity contribution is 0.0465. The Balaban J connectivity index is 2.08. The zero-order valence-electron chi connectivity index (χ0n) is 9.93. The zero-order valence-corrected chi connectivity index (χ0v) is 9.93. The van der Waals surface area contributed by atoms with Gasteiger partial charge in [-0.1, -0.05) is 0 Å². The third kappa shape index (κ3) is 2.55. The van der Waals surface area contributed by atoms with Crippen LogP contribution in [0.4, 0.5) is 5.69 Å². The predicted octanol–water partition coefficient (Wildman–Crippen LogP) is 0.573. The van der Waals surface area contributed by atoms with Crippen molar-refractivity contribution < 1.29 is 5.11 Å². The monoisotopic (exact) mass is 234 g/mol. The molecule has 1 aliphatic rings. The molecule has 92 valence electrons. The lowest BCUT2D eigenvalue weighted by atomic mass is 9.82. The van der Waals surface area contributed by atoms with Crippen LogP contribution in [-0.4, -0.2) is 35.6 Å². The number of nitrogens with two attached hydrogens (primary N) is 1. The standard InChI is InChI=1S/C12H18N4O/c1-16(7-8-5-9(17)6-8)10-3-2-4-15-11(10)12(13)14/h2-4,8-9,17H,5-7H2,1H3,(H3,13,14). The fourth-order valence-corrected chi connectivity index (χ4v) is 2.25. The van der Waals surface area contributed by atoms with E-state index in [0.717, 1.165) is 25.1 Å². The van der Waals surface area contributed by atoms with Crippen LogP contribution >= 0.6 is 0 Å². The van der Waals surface area contributed by atoms with Crippen LogP contribution in [0.2, 0.25) is 0 Å². The van der Waals surface area contributed by atoms with Gasteiger partial charge in [0.15, 0.2) is 0 Å². The molecule has 1 saturated carbocycles. The van der Waals surface area contributed by atoms with Gasteiger partial charge in [-0.3, -0.25) is 10.4 Å². The lowest BCUT2D eigenvalue weighted by Crippen LogP contribution is -2.37. The Kier molecular flexibility index (Phi) is 3.28. The van der Waals surface area contributed by atoms with Crippen molar-refractivity contribution in [3.8, 4) is 0 Å². The molecule has 4 N–H and O–H groups in total. The smallest absolute Gasteiger partial charge is 0.143 e. The molecular formula is C12H18N4O. The molecule has 0 radical (unpaired) electrons. The third-order valence-corrected chi connectivity index (χ3v) is 3.20. The van der Waals surface area contributed by atoms with Gasteiger partial charge >= 0.3 is 0 Å². The summed E-state index contributed by atoms with van der Waals surface area (Å²) in [7, 11) is 1.97. The highest BCUT2D eigenvalue weighted by Gasteiger charge is 2.28. The Morgan fingerprint density at radius 3 is 2.94 bits per heavy atom. The van der Waals surface area contributed by atoms with E-state index in [0.29, 0.717) is 11.6 Å². The van der Waals surface area contributed by atoms with E-state index in [9.17, 15) is 5.11 Å². The molecular weight excluding hydrogens is 216 g/mol. The quantitative estimate of drug-likeness (QED) is 0.525. The van der Waals surface area contributed by atoms with E-state index in [1.165, 1.54) is 0 Å². The first-order valence-electron chi connectivity index (χ1n) is 5.76. The van der Waals surface area contributed by atoms with Gasteiger partial charge in [0.25, 0.3) is 0 Å². The predicted molar refractivity (Wildman–Crippen MR) is 67.3 cm³/mol. The van der Waals surface area contributed by atoms with Crippen LogP contribution in [-0.2, 0) is 0 Å². The summed E-state index contributed by atoms with van der Waals surface area (Å²) in [5, 5.41) is 16.8. The second kappa shape index (κ2) is 4.71. The van der Waals surface area contributed by atoms with E-state index in [-0.39, 0.29) is 11.9 Å². The first kappa shape index (κ1) is 11.9. The van der Waals surface area contributed by atoms with Gasteiger partial charge in [-0.25, -0.2) is 0 Å². The number of amidine groups is 1. The SMILES string of the molecule is CN(CC1CC(O)C1)c1cccnc1C(=N)N. The zero-order chi connectivity index (χ0) is 12.4. The van der Waals surface area contributed by atoms with Crippen LogP contribution in [0.1, 0.15) is 18.5 Å². The number of aliphatic hydroxyl groups excluding tert-OH is 1. The molecule has 0 spiro atoms. The molecule has 0 aliphatic heterocycles. The van der Waals surface area contributed by atoms with Crippen molar-refractivity contribution >= 4 is 11.5 Å². The van der Waals surface area contributed by atoms with E-state index >= 15 is 0 Å². The molecule has 0 unspecified atom stereocenters. The van der Waals surface area contributed by atoms with Crippen LogP contribution in [0.15, 0.2) is 18.3 Å². The summed E-state index contributed by atoms with van der Waals surface area (Å²) < 4.78 is 0. The van der Waals surface area contributed by atoms with Gasteiger partial charge in [-0.2, -0.15) is 0 Å². The molecule has 1 aromatic rings. The number of nitrogen functional groups attached to an aromatic ring is 1. The first-order valence-corrected chi connectivity index (χ1v) is 5.76. The minimum absolute atomic E-state index is 0.0129. The van der Waals surface area contributed by atoms with Crippen LogP contribution < -0.4 is 10.6 Å². The van der Waals surface area contributed by atoms with E-state index in [1.807, 2.05) is 19.2 Å². The fourth-order valence-electron chi connectivity index (χ4n) is 2.25. The van der Waals surface area contributed by atoms with Crippen molar-refractivity contribution in [2.24, 2.45) is 11.7 Å². The summed E-state index contributed by atoms with van der Waals surface area (Å²) in [5.41, 5.74) is 6.91. The molecule has 0 amide bonds. The topological polar surface area (TPSA) is 86.2 Å². The minimum Gasteiger partial charge on any atom is -0.393 e. The second-order valence-corrected chi connectivity index (χ2v) is 4.66. The molecule has 0 bridgehead atoms. The third-order valence-electron chi connectivity index (χ3n) is 3.20. The van der Waals surface area contributed by atoms with E-state index in [4.69, 9.17) is 11.1 Å². The minimum atomic E-state index is -0.130. The number of nitrogens with zero attached hydrogens (tertiary/aromatic N) is 2. The second-order valence-electron chi connectivity index (χ2n) is 4.66. The van der Waals surface area contributed by atoms with Crippen molar-refractivity contribution in [1.29, 1.82) is 5.41 Å². The number of aromatic nitrogens is 1. The van der Waals surface area contributed by atoms with Gasteiger partial charge < -0.3 is 15.7 Å². The van der Waals surface area contributed by atoms with E-state index < -0.39 is 0 Å². The molecule has 1 heterocycles. The number of hydrogen-bond donors (Lipinski definition) is 3. The lowest BCUT2D eigenvalue weighted by Gasteiger charge is -2.35. The highest BCUT2D eigenvalue weighted by Crippen LogP contribution is 2.29. The summed E-state index contributed by atoms with van der Waals surface area (Å²) in [5.74, 6) is 0.510. The largest absolute Gasteiger partial charge is 0.393 e. The molecule has 0 saturated heterocycles. The molecule has 1 aliphatic carbocycles. The number of aliphatic hydroxyl groups is 1. The first-order chi connectivity index (χ1) is 8.08. The van der Waals surface area contributed by atoms with Gasteiger partial charge in [0.05, 0.1) is 11.8 Å². The summed E-state index contributed by atoms with van der Waals surface area (Å²) in [6, 6.07) is 3.76. The molecule has 0 aromatic carbocycles. The highest BCUT2D eigenvalue weighted by atomic mass is 16.3. The average Bonchev–Trinajstić information content (AvgIpc) is 2.27. The molecule has 0 atom stereocenters. The van der Waals surface area contributed by atoms with Crippen LogP contribution in [0.5, 0.6) is 0 Å². The van der Waals surface area contributed by atoms with Gasteiger partial charge in [-0.15, -0.1) is 0 Å². The van der Waals surface area contributed by atoms with Gasteiger partial charge in [0.1, 0.15) is 11.5 Å². The van der Waals surface area contributed by atoms with Crippen LogP contribution in [0.25, 0.3) is 0 Å². The molecule has 5 nitrogen and oxygen atoms in total. The molecule has 2 rings (SSSR count). The number of anilines is 1. The summed E-state index contributed by atoms with van der Waals surface area (Å²) in [6.45, 7) is 0.864. The van der Waals surface area contributed by atoms with Crippen molar-refractivity contribution in [3.05, 3.63) is 24.0 Å². The molecule has 5 heteroatoms. The summed E-state index contributed by atoms with van der Waals surface area (Å²) >= 11 is 0. The van der Waals surface area contributed by atoms with Crippen molar-refractivity contribution in [2.75, 3.05) is 18.5 Å². The number of pyridine rings is 1. The van der Waals surface area contributed by atoms with Gasteiger partial charge in [0, 0.05) is 19.8 Å². The molecule has 17 heavy (non-hydrogen) atoms. The van der Waals surface area contributed by atoms with Gasteiger partial charge in [-0.05, 0) is 30.9 Å². The number of nitrogens with one attached hydrogen (secondary N) is 1. The Bertz CT molecular complexity index is 415. The number of hydrogen-bond acceptors (Lipinski definition) is 4. The Morgan fingerprint density at radius 1 is 1.65 bits per heavy atom. The average molecular weight is 234 g/mol. The van der Waals surface area contributed by atoms with Crippen molar-refractivity contribution in [3.63, 3.8) is 0 Å². The Labute approximate surface area is 101 Å². The Morgan fingerprint density at radius 2 is 2.35 bits per heavy atom. The maximum atomic E-state index is 9.26. The molecule has 1 fully saturated rings. The van der Waals surface area contributed by atoms with Gasteiger partial charge in [0.2, 0.25) is 0 Å². The fraction of sp³-hybridized carbons (Fsp3) is 0.500. The van der Waals surface area contributed by atoms with E-state index in [2.05, 4.69) is 9.88 Å². The number of rotatable bonds is 4. The maximum absolute atomic E-state index is 9.26. The van der Waals surface area contributed by atoms with Crippen LogP contribution in [0.3, 0.4) is 0 Å².